The van der Waals surface area contributed by atoms with Gasteiger partial charge >= 0.3 is 12.1 Å². The topological polar surface area (TPSA) is 84.7 Å². The second-order valence-corrected chi connectivity index (χ2v) is 8.70. The molecule has 1 amide bonds. The molecule has 1 aliphatic heterocycles. The van der Waals surface area contributed by atoms with Gasteiger partial charge in [-0.15, -0.1) is 11.3 Å². The molecule has 1 fully saturated rings. The number of aromatic carboxylic acids is 1. The molecule has 8 heteroatoms. The summed E-state index contributed by atoms with van der Waals surface area (Å²) in [6.45, 7) is 8.69. The van der Waals surface area contributed by atoms with E-state index in [2.05, 4.69) is 5.10 Å². The summed E-state index contributed by atoms with van der Waals surface area (Å²) < 4.78 is 7.36. The zero-order valence-corrected chi connectivity index (χ0v) is 16.9. The maximum Gasteiger partial charge on any atom is 0.410 e. The van der Waals surface area contributed by atoms with Crippen LogP contribution in [0.1, 0.15) is 55.6 Å². The number of carboxylic acid groups (broad SMARTS) is 1. The van der Waals surface area contributed by atoms with Crippen LogP contribution in [0.2, 0.25) is 0 Å². The van der Waals surface area contributed by atoms with Crippen LogP contribution in [0, 0.1) is 6.92 Å². The van der Waals surface area contributed by atoms with Crippen LogP contribution >= 0.6 is 11.3 Å². The zero-order valence-electron chi connectivity index (χ0n) is 16.1. The van der Waals surface area contributed by atoms with Crippen molar-refractivity contribution in [2.75, 3.05) is 13.1 Å². The fraction of sp³-hybridized carbons (Fsp3) is 0.526. The van der Waals surface area contributed by atoms with Crippen LogP contribution in [0.3, 0.4) is 0 Å². The molecule has 1 N–H and O–H groups in total. The first kappa shape index (κ1) is 19.4. The predicted octanol–water partition coefficient (Wildman–Crippen LogP) is 4.19. The molecule has 0 aromatic carbocycles. The van der Waals surface area contributed by atoms with E-state index in [1.54, 1.807) is 16.5 Å². The monoisotopic (exact) mass is 391 g/mol. The molecule has 0 atom stereocenters. The maximum atomic E-state index is 12.2. The van der Waals surface area contributed by atoms with Gasteiger partial charge in [-0.05, 0) is 46.1 Å². The lowest BCUT2D eigenvalue weighted by atomic mass is 10.1. The molecule has 1 saturated heterocycles. The molecule has 0 aliphatic carbocycles. The van der Waals surface area contributed by atoms with E-state index in [1.165, 1.54) is 11.3 Å². The summed E-state index contributed by atoms with van der Waals surface area (Å²) in [4.78, 5) is 26.1. The van der Waals surface area contributed by atoms with Crippen molar-refractivity contribution >= 4 is 23.4 Å². The number of hydrogen-bond acceptors (Lipinski definition) is 5. The number of piperidine rings is 1. The Morgan fingerprint density at radius 3 is 2.52 bits per heavy atom. The molecule has 146 valence electrons. The third-order valence-corrected chi connectivity index (χ3v) is 5.75. The minimum Gasteiger partial charge on any atom is -0.478 e. The fourth-order valence-electron chi connectivity index (χ4n) is 3.21. The van der Waals surface area contributed by atoms with E-state index < -0.39 is 11.6 Å². The van der Waals surface area contributed by atoms with Gasteiger partial charge in [0.25, 0.3) is 0 Å². The number of carbonyl (C=O) groups excluding carboxylic acids is 1. The standard InChI is InChI=1S/C19H25N3O4S/c1-12-15(17(23)24)11-27-16(12)13-9-20-22(10-13)14-5-7-21(8-6-14)18(25)26-19(2,3)4/h9-11,14H,5-8H2,1-4H3,(H,23,24). The maximum absolute atomic E-state index is 12.2. The van der Waals surface area contributed by atoms with Crippen LogP contribution < -0.4 is 0 Å². The predicted molar refractivity (Wildman–Crippen MR) is 103 cm³/mol. The molecule has 1 aliphatic rings. The van der Waals surface area contributed by atoms with E-state index in [0.29, 0.717) is 18.7 Å². The summed E-state index contributed by atoms with van der Waals surface area (Å²) in [5, 5.41) is 15.4. The van der Waals surface area contributed by atoms with E-state index >= 15 is 0 Å². The van der Waals surface area contributed by atoms with Gasteiger partial charge in [0.15, 0.2) is 0 Å². The number of nitrogens with zero attached hydrogens (tertiary/aromatic N) is 3. The summed E-state index contributed by atoms with van der Waals surface area (Å²) in [5.41, 5.74) is 1.55. The Kier molecular flexibility index (Phi) is 5.28. The zero-order chi connectivity index (χ0) is 19.8. The first-order valence-electron chi connectivity index (χ1n) is 8.99. The van der Waals surface area contributed by atoms with E-state index in [-0.39, 0.29) is 12.1 Å². The second kappa shape index (κ2) is 7.34. The lowest BCUT2D eigenvalue weighted by molar-refractivity contribution is 0.0184. The van der Waals surface area contributed by atoms with Crippen LogP contribution in [0.4, 0.5) is 4.79 Å². The molecule has 3 heterocycles. The normalized spacial score (nSPS) is 15.8. The number of thiophene rings is 1. The molecule has 0 radical (unpaired) electrons. The van der Waals surface area contributed by atoms with E-state index in [4.69, 9.17) is 4.74 Å². The summed E-state index contributed by atoms with van der Waals surface area (Å²) >= 11 is 1.42. The number of carbonyl (C=O) groups is 2. The molecule has 0 bridgehead atoms. The van der Waals surface area contributed by atoms with Crippen molar-refractivity contribution in [3.8, 4) is 10.4 Å². The molecule has 3 rings (SSSR count). The lowest BCUT2D eigenvalue weighted by Crippen LogP contribution is -2.42. The van der Waals surface area contributed by atoms with Gasteiger partial charge in [-0.25, -0.2) is 9.59 Å². The van der Waals surface area contributed by atoms with Gasteiger partial charge < -0.3 is 14.7 Å². The number of amides is 1. The second-order valence-electron chi connectivity index (χ2n) is 7.82. The highest BCUT2D eigenvalue weighted by Gasteiger charge is 2.28. The first-order chi connectivity index (χ1) is 12.7. The van der Waals surface area contributed by atoms with Gasteiger partial charge in [0.1, 0.15) is 5.60 Å². The summed E-state index contributed by atoms with van der Waals surface area (Å²) in [6, 6.07) is 0.219. The molecule has 0 unspecified atom stereocenters. The van der Waals surface area contributed by atoms with Crippen molar-refractivity contribution in [3.05, 3.63) is 28.9 Å². The molecule has 0 saturated carbocycles. The quantitative estimate of drug-likeness (QED) is 0.848. The van der Waals surface area contributed by atoms with Crippen molar-refractivity contribution in [3.63, 3.8) is 0 Å². The number of ether oxygens (including phenoxy) is 1. The van der Waals surface area contributed by atoms with Crippen molar-refractivity contribution in [2.24, 2.45) is 0 Å². The summed E-state index contributed by atoms with van der Waals surface area (Å²) in [6.07, 6.45) is 5.11. The minimum atomic E-state index is -0.906. The molecular weight excluding hydrogens is 366 g/mol. The molecule has 2 aromatic heterocycles. The minimum absolute atomic E-state index is 0.219. The highest BCUT2D eigenvalue weighted by atomic mass is 32.1. The van der Waals surface area contributed by atoms with Gasteiger partial charge in [0, 0.05) is 35.1 Å². The summed E-state index contributed by atoms with van der Waals surface area (Å²) in [5.74, 6) is -0.906. The largest absolute Gasteiger partial charge is 0.478 e. The average molecular weight is 391 g/mol. The molecule has 27 heavy (non-hydrogen) atoms. The van der Waals surface area contributed by atoms with Crippen molar-refractivity contribution in [1.82, 2.24) is 14.7 Å². The highest BCUT2D eigenvalue weighted by Crippen LogP contribution is 2.33. The fourth-order valence-corrected chi connectivity index (χ4v) is 4.25. The SMILES string of the molecule is Cc1c(C(=O)O)csc1-c1cnn(C2CCN(C(=O)OC(C)(C)C)CC2)c1. The summed E-state index contributed by atoms with van der Waals surface area (Å²) in [7, 11) is 0. The molecule has 7 nitrogen and oxygen atoms in total. The van der Waals surface area contributed by atoms with Crippen LogP contribution in [-0.4, -0.2) is 50.5 Å². The van der Waals surface area contributed by atoms with Crippen LogP contribution in [0.15, 0.2) is 17.8 Å². The third-order valence-electron chi connectivity index (χ3n) is 4.62. The average Bonchev–Trinajstić information content (AvgIpc) is 3.20. The Balaban J connectivity index is 1.65. The van der Waals surface area contributed by atoms with Crippen molar-refractivity contribution in [2.45, 2.75) is 52.2 Å². The number of aromatic nitrogens is 2. The van der Waals surface area contributed by atoms with Crippen LogP contribution in [0.25, 0.3) is 10.4 Å². The Morgan fingerprint density at radius 2 is 1.96 bits per heavy atom. The van der Waals surface area contributed by atoms with Crippen LogP contribution in [-0.2, 0) is 4.74 Å². The number of likely N-dealkylation sites (tertiary alicyclic amines) is 1. The van der Waals surface area contributed by atoms with E-state index in [1.807, 2.05) is 38.6 Å². The molecule has 2 aromatic rings. The lowest BCUT2D eigenvalue weighted by Gasteiger charge is -2.33. The first-order valence-corrected chi connectivity index (χ1v) is 9.87. The van der Waals surface area contributed by atoms with Gasteiger partial charge in [0.05, 0.1) is 17.8 Å². The smallest absolute Gasteiger partial charge is 0.410 e. The van der Waals surface area contributed by atoms with Gasteiger partial charge in [-0.1, -0.05) is 0 Å². The Morgan fingerprint density at radius 1 is 1.30 bits per heavy atom. The van der Waals surface area contributed by atoms with E-state index in [9.17, 15) is 14.7 Å². The van der Waals surface area contributed by atoms with Crippen molar-refractivity contribution in [1.29, 1.82) is 0 Å². The van der Waals surface area contributed by atoms with Crippen LogP contribution in [0.5, 0.6) is 0 Å². The highest BCUT2D eigenvalue weighted by molar-refractivity contribution is 7.14. The van der Waals surface area contributed by atoms with Gasteiger partial charge in [0.2, 0.25) is 0 Å². The number of rotatable bonds is 3. The molecular formula is C19H25N3O4S. The van der Waals surface area contributed by atoms with E-state index in [0.717, 1.165) is 28.8 Å². The van der Waals surface area contributed by atoms with Gasteiger partial charge in [-0.2, -0.15) is 5.10 Å². The number of hydrogen-bond donors (Lipinski definition) is 1. The van der Waals surface area contributed by atoms with Crippen molar-refractivity contribution < 1.29 is 19.4 Å². The Bertz CT molecular complexity index is 842. The number of carboxylic acids is 1. The molecule has 0 spiro atoms. The Hall–Kier alpha value is -2.35. The Labute approximate surface area is 162 Å². The third kappa shape index (κ3) is 4.32. The van der Waals surface area contributed by atoms with Gasteiger partial charge in [-0.3, -0.25) is 4.68 Å².